The van der Waals surface area contributed by atoms with Gasteiger partial charge in [0, 0.05) is 46.7 Å². The quantitative estimate of drug-likeness (QED) is 0.241. The molecule has 0 aliphatic heterocycles. The predicted molar refractivity (Wildman–Crippen MR) is 144 cm³/mol. The molecule has 2 nitrogen and oxygen atoms in total. The molecule has 0 N–H and O–H groups in total. The monoisotopic (exact) mass is 456 g/mol. The van der Waals surface area contributed by atoms with E-state index in [0.717, 1.165) is 16.7 Å². The molecule has 0 radical (unpaired) electrons. The second kappa shape index (κ2) is 6.41. The Morgan fingerprint density at radius 3 is 2.24 bits per heavy atom. The molecule has 4 aromatic heterocycles. The van der Waals surface area contributed by atoms with Crippen LogP contribution in [0.3, 0.4) is 0 Å². The van der Waals surface area contributed by atoms with Gasteiger partial charge in [0.2, 0.25) is 0 Å². The highest BCUT2D eigenvalue weighted by molar-refractivity contribution is 7.30. The lowest BCUT2D eigenvalue weighted by Gasteiger charge is -2.06. The molecule has 4 heterocycles. The summed E-state index contributed by atoms with van der Waals surface area (Å²) in [5, 5.41) is 6.55. The number of nitrogens with zero attached hydrogens (tertiary/aromatic N) is 2. The van der Waals surface area contributed by atoms with Crippen LogP contribution < -0.4 is 0 Å². The summed E-state index contributed by atoms with van der Waals surface area (Å²) in [6, 6.07) is 32.6. The highest BCUT2D eigenvalue weighted by Crippen LogP contribution is 2.47. The number of hydrogen-bond donors (Lipinski definition) is 0. The second-order valence-electron chi connectivity index (χ2n) is 8.40. The standard InChI is InChI=1S/C29H16N2S2/c1-2-8-17(9-3-1)31-21-12-6-4-10-18(21)25-22(31)16-30-27-20-14-15-24-26(28(20)33-29(25)27)19-11-5-7-13-23(19)32-24/h1-16H. The number of benzene rings is 4. The van der Waals surface area contributed by atoms with Gasteiger partial charge in [-0.1, -0.05) is 54.6 Å². The topological polar surface area (TPSA) is 17.8 Å². The molecule has 8 rings (SSSR count). The molecule has 154 valence electrons. The van der Waals surface area contributed by atoms with E-state index in [1.807, 2.05) is 22.7 Å². The fourth-order valence-corrected chi connectivity index (χ4v) is 7.80. The lowest BCUT2D eigenvalue weighted by molar-refractivity contribution is 1.17. The van der Waals surface area contributed by atoms with E-state index in [4.69, 9.17) is 4.98 Å². The SMILES string of the molecule is c1ccc(-n2c3ccccc3c3c4sc5c(ccc6sc7ccccc7c65)c4ncc32)cc1. The Morgan fingerprint density at radius 2 is 1.33 bits per heavy atom. The molecule has 0 saturated carbocycles. The maximum atomic E-state index is 5.04. The third-order valence-corrected chi connectivity index (χ3v) is 9.00. The summed E-state index contributed by atoms with van der Waals surface area (Å²) >= 11 is 3.77. The van der Waals surface area contributed by atoms with Crippen molar-refractivity contribution in [3.8, 4) is 5.69 Å². The number of fused-ring (bicyclic) bond motifs is 11. The first-order valence-corrected chi connectivity index (χ1v) is 12.6. The van der Waals surface area contributed by atoms with Gasteiger partial charge >= 0.3 is 0 Å². The van der Waals surface area contributed by atoms with Gasteiger partial charge in [0.1, 0.15) is 0 Å². The normalized spacial score (nSPS) is 12.2. The molecule has 0 bridgehead atoms. The largest absolute Gasteiger partial charge is 0.308 e. The molecule has 33 heavy (non-hydrogen) atoms. The first kappa shape index (κ1) is 17.8. The van der Waals surface area contributed by atoms with Crippen molar-refractivity contribution in [2.75, 3.05) is 0 Å². The molecule has 0 atom stereocenters. The molecule has 4 heteroatoms. The summed E-state index contributed by atoms with van der Waals surface area (Å²) in [4.78, 5) is 5.04. The number of aromatic nitrogens is 2. The molecule has 0 spiro atoms. The summed E-state index contributed by atoms with van der Waals surface area (Å²) in [5.74, 6) is 0. The third kappa shape index (κ3) is 2.29. The average Bonchev–Trinajstić information content (AvgIpc) is 3.53. The highest BCUT2D eigenvalue weighted by atomic mass is 32.1. The van der Waals surface area contributed by atoms with Crippen LogP contribution in [0.2, 0.25) is 0 Å². The van der Waals surface area contributed by atoms with E-state index in [1.165, 1.54) is 51.2 Å². The van der Waals surface area contributed by atoms with Crippen LogP contribution in [0.15, 0.2) is 97.2 Å². The Balaban J connectivity index is 1.60. The Hall–Kier alpha value is -3.73. The van der Waals surface area contributed by atoms with E-state index >= 15 is 0 Å². The Morgan fingerprint density at radius 1 is 0.545 bits per heavy atom. The van der Waals surface area contributed by atoms with Gasteiger partial charge in [-0.25, -0.2) is 0 Å². The van der Waals surface area contributed by atoms with Crippen molar-refractivity contribution in [2.45, 2.75) is 0 Å². The van der Waals surface area contributed by atoms with Crippen molar-refractivity contribution in [3.63, 3.8) is 0 Å². The zero-order chi connectivity index (χ0) is 21.5. The maximum Gasteiger partial charge on any atom is 0.0896 e. The third-order valence-electron chi connectivity index (χ3n) is 6.64. The van der Waals surface area contributed by atoms with Crippen LogP contribution >= 0.6 is 22.7 Å². The highest BCUT2D eigenvalue weighted by Gasteiger charge is 2.20. The molecule has 0 fully saturated rings. The van der Waals surface area contributed by atoms with Gasteiger partial charge < -0.3 is 4.57 Å². The molecule has 0 saturated heterocycles. The predicted octanol–water partition coefficient (Wildman–Crippen LogP) is 8.91. The molecule has 0 aliphatic rings. The lowest BCUT2D eigenvalue weighted by Crippen LogP contribution is -1.93. The second-order valence-corrected chi connectivity index (χ2v) is 10.5. The fourth-order valence-electron chi connectivity index (χ4n) is 5.25. The molecule has 0 aliphatic carbocycles. The van der Waals surface area contributed by atoms with Gasteiger partial charge in [-0.3, -0.25) is 4.98 Å². The zero-order valence-electron chi connectivity index (χ0n) is 17.4. The van der Waals surface area contributed by atoms with Crippen molar-refractivity contribution in [1.82, 2.24) is 9.55 Å². The van der Waals surface area contributed by atoms with Gasteiger partial charge in [0.05, 0.1) is 27.4 Å². The van der Waals surface area contributed by atoms with E-state index in [-0.39, 0.29) is 0 Å². The smallest absolute Gasteiger partial charge is 0.0896 e. The first-order valence-electron chi connectivity index (χ1n) is 11.0. The molecule has 8 aromatic rings. The maximum absolute atomic E-state index is 5.04. The molecular formula is C29H16N2S2. The molecular weight excluding hydrogens is 440 g/mol. The Labute approximate surface area is 196 Å². The van der Waals surface area contributed by atoms with E-state index in [9.17, 15) is 0 Å². The van der Waals surface area contributed by atoms with Crippen molar-refractivity contribution in [2.24, 2.45) is 0 Å². The average molecular weight is 457 g/mol. The van der Waals surface area contributed by atoms with Gasteiger partial charge in [0.15, 0.2) is 0 Å². The molecule has 0 unspecified atom stereocenters. The van der Waals surface area contributed by atoms with Crippen molar-refractivity contribution >= 4 is 85.0 Å². The fraction of sp³-hybridized carbons (Fsp3) is 0. The minimum atomic E-state index is 1.11. The Bertz CT molecular complexity index is 2020. The minimum absolute atomic E-state index is 1.11. The van der Waals surface area contributed by atoms with Crippen LogP contribution in [-0.2, 0) is 0 Å². The summed E-state index contributed by atoms with van der Waals surface area (Å²) in [6.07, 6.45) is 2.06. The molecule has 0 amide bonds. The van der Waals surface area contributed by atoms with E-state index in [1.54, 1.807) is 0 Å². The van der Waals surface area contributed by atoms with E-state index in [0.29, 0.717) is 0 Å². The molecule has 4 aromatic carbocycles. The number of hydrogen-bond acceptors (Lipinski definition) is 3. The van der Waals surface area contributed by atoms with Gasteiger partial charge in [0.25, 0.3) is 0 Å². The van der Waals surface area contributed by atoms with Crippen LogP contribution in [0.25, 0.3) is 68.0 Å². The van der Waals surface area contributed by atoms with Crippen molar-refractivity contribution in [1.29, 1.82) is 0 Å². The van der Waals surface area contributed by atoms with E-state index in [2.05, 4.69) is 102 Å². The van der Waals surface area contributed by atoms with Crippen LogP contribution in [0, 0.1) is 0 Å². The minimum Gasteiger partial charge on any atom is -0.308 e. The van der Waals surface area contributed by atoms with Crippen LogP contribution in [0.1, 0.15) is 0 Å². The Kier molecular flexibility index (Phi) is 3.45. The zero-order valence-corrected chi connectivity index (χ0v) is 19.1. The van der Waals surface area contributed by atoms with Crippen LogP contribution in [0.4, 0.5) is 0 Å². The van der Waals surface area contributed by atoms with Crippen LogP contribution in [0.5, 0.6) is 0 Å². The summed E-state index contributed by atoms with van der Waals surface area (Å²) < 4.78 is 7.65. The summed E-state index contributed by atoms with van der Waals surface area (Å²) in [5.41, 5.74) is 4.65. The lowest BCUT2D eigenvalue weighted by atomic mass is 10.1. The number of pyridine rings is 1. The van der Waals surface area contributed by atoms with Gasteiger partial charge in [-0.2, -0.15) is 0 Å². The number of para-hydroxylation sites is 2. The van der Waals surface area contributed by atoms with Crippen LogP contribution in [-0.4, -0.2) is 9.55 Å². The van der Waals surface area contributed by atoms with Crippen molar-refractivity contribution < 1.29 is 0 Å². The van der Waals surface area contributed by atoms with Gasteiger partial charge in [-0.05, 0) is 36.4 Å². The van der Waals surface area contributed by atoms with E-state index < -0.39 is 0 Å². The van der Waals surface area contributed by atoms with Gasteiger partial charge in [-0.15, -0.1) is 22.7 Å². The summed E-state index contributed by atoms with van der Waals surface area (Å²) in [6.45, 7) is 0. The number of rotatable bonds is 1. The first-order chi connectivity index (χ1) is 16.4. The van der Waals surface area contributed by atoms with Crippen molar-refractivity contribution in [3.05, 3.63) is 97.2 Å². The summed E-state index contributed by atoms with van der Waals surface area (Å²) in [7, 11) is 0. The number of thiophene rings is 2.